The number of hydrogen-bond acceptors (Lipinski definition) is 6. The molecule has 5 atom stereocenters. The van der Waals surface area contributed by atoms with Crippen LogP contribution >= 0.6 is 11.6 Å². The first kappa shape index (κ1) is 24.1. The van der Waals surface area contributed by atoms with E-state index in [-0.39, 0.29) is 30.1 Å². The monoisotopic (exact) mass is 508 g/mol. The van der Waals surface area contributed by atoms with Gasteiger partial charge in [0.1, 0.15) is 11.8 Å². The van der Waals surface area contributed by atoms with Crippen LogP contribution < -0.4 is 10.1 Å². The smallest absolute Gasteiger partial charge is 0.330 e. The zero-order valence-electron chi connectivity index (χ0n) is 19.6. The minimum atomic E-state index is -1.16. The molecule has 186 valence electrons. The SMILES string of the molecule is COc1ccc(Cl)cc1NC(=O)COC(=O)[C@@H](Cc1ccccc1)N1C(=O)[C@@H]2[C@H](C1=O)[C@H]1C=C[C@H]2C1. The molecule has 1 heterocycles. The number of benzene rings is 2. The maximum absolute atomic E-state index is 13.4. The standard InChI is InChI=1S/C27H25ClN2O6/c1-35-21-10-9-18(28)13-19(21)29-22(31)14-36-27(34)20(11-15-5-3-2-4-6-15)30-25(32)23-16-7-8-17(12-16)24(23)26(30)33/h2-10,13,16-17,20,23-24H,11-12,14H2,1H3,(H,29,31)/t16-,17-,20+,23-,24+/m0/s1. The lowest BCUT2D eigenvalue weighted by Crippen LogP contribution is -2.48. The Labute approximate surface area is 213 Å². The molecular formula is C27H25ClN2O6. The third kappa shape index (κ3) is 4.37. The second-order valence-corrected chi connectivity index (χ2v) is 9.69. The number of rotatable bonds is 8. The number of imide groups is 1. The van der Waals surface area contributed by atoms with Gasteiger partial charge < -0.3 is 14.8 Å². The Bertz CT molecular complexity index is 1220. The van der Waals surface area contributed by atoms with Gasteiger partial charge in [0, 0.05) is 11.4 Å². The first-order chi connectivity index (χ1) is 17.4. The lowest BCUT2D eigenvalue weighted by Gasteiger charge is -2.26. The molecule has 0 spiro atoms. The number of carbonyl (C=O) groups is 4. The molecule has 1 N–H and O–H groups in total. The molecule has 1 saturated heterocycles. The van der Waals surface area contributed by atoms with Crippen molar-refractivity contribution in [3.63, 3.8) is 0 Å². The van der Waals surface area contributed by atoms with Gasteiger partial charge in [-0.3, -0.25) is 19.3 Å². The summed E-state index contributed by atoms with van der Waals surface area (Å²) in [5, 5.41) is 3.00. The van der Waals surface area contributed by atoms with Crippen molar-refractivity contribution in [1.29, 1.82) is 0 Å². The summed E-state index contributed by atoms with van der Waals surface area (Å²) >= 11 is 6.00. The largest absolute Gasteiger partial charge is 0.495 e. The van der Waals surface area contributed by atoms with E-state index >= 15 is 0 Å². The maximum atomic E-state index is 13.4. The van der Waals surface area contributed by atoms with Crippen LogP contribution in [0.15, 0.2) is 60.7 Å². The van der Waals surface area contributed by atoms with Gasteiger partial charge in [0.15, 0.2) is 6.61 Å². The fourth-order valence-corrected chi connectivity index (χ4v) is 5.72. The van der Waals surface area contributed by atoms with Crippen molar-refractivity contribution in [3.8, 4) is 5.75 Å². The Kier molecular flexibility index (Phi) is 6.53. The first-order valence-electron chi connectivity index (χ1n) is 11.8. The molecule has 1 aliphatic heterocycles. The maximum Gasteiger partial charge on any atom is 0.330 e. The molecule has 1 saturated carbocycles. The number of nitrogens with one attached hydrogen (secondary N) is 1. The van der Waals surface area contributed by atoms with Crippen LogP contribution in [0.4, 0.5) is 5.69 Å². The van der Waals surface area contributed by atoms with Crippen LogP contribution in [0.25, 0.3) is 0 Å². The molecule has 5 rings (SSSR count). The number of allylic oxidation sites excluding steroid dienone is 2. The highest BCUT2D eigenvalue weighted by Gasteiger charge is 2.61. The minimum Gasteiger partial charge on any atom is -0.495 e. The first-order valence-corrected chi connectivity index (χ1v) is 12.1. The molecule has 0 unspecified atom stereocenters. The highest BCUT2D eigenvalue weighted by atomic mass is 35.5. The van der Waals surface area contributed by atoms with Crippen molar-refractivity contribution < 1.29 is 28.7 Å². The van der Waals surface area contributed by atoms with Gasteiger partial charge in [-0.05, 0) is 42.0 Å². The Morgan fingerprint density at radius 2 is 1.72 bits per heavy atom. The van der Waals surface area contributed by atoms with E-state index in [1.54, 1.807) is 12.1 Å². The highest BCUT2D eigenvalue weighted by molar-refractivity contribution is 6.31. The minimum absolute atomic E-state index is 0.0216. The molecule has 2 aromatic carbocycles. The Morgan fingerprint density at radius 1 is 1.06 bits per heavy atom. The molecule has 36 heavy (non-hydrogen) atoms. The third-order valence-electron chi connectivity index (χ3n) is 7.14. The van der Waals surface area contributed by atoms with E-state index in [0.29, 0.717) is 16.5 Å². The number of anilines is 1. The quantitative estimate of drug-likeness (QED) is 0.333. The summed E-state index contributed by atoms with van der Waals surface area (Å²) in [7, 11) is 1.45. The van der Waals surface area contributed by atoms with E-state index < -0.39 is 36.4 Å². The molecule has 3 amide bonds. The molecule has 0 aromatic heterocycles. The number of esters is 1. The topological polar surface area (TPSA) is 102 Å². The van der Waals surface area contributed by atoms with Crippen LogP contribution in [0, 0.1) is 23.7 Å². The molecule has 3 aliphatic rings. The predicted octanol–water partition coefficient (Wildman–Crippen LogP) is 3.25. The van der Waals surface area contributed by atoms with E-state index in [4.69, 9.17) is 21.1 Å². The normalized spacial score (nSPS) is 24.6. The summed E-state index contributed by atoms with van der Waals surface area (Å²) in [5.74, 6) is -2.53. The fourth-order valence-electron chi connectivity index (χ4n) is 5.55. The average molecular weight is 509 g/mol. The van der Waals surface area contributed by atoms with Crippen LogP contribution in [0.5, 0.6) is 5.75 Å². The average Bonchev–Trinajstić information content (AvgIpc) is 3.56. The second-order valence-electron chi connectivity index (χ2n) is 9.25. The fraction of sp³-hybridized carbons (Fsp3) is 0.333. The van der Waals surface area contributed by atoms with Crippen molar-refractivity contribution in [1.82, 2.24) is 4.90 Å². The van der Waals surface area contributed by atoms with Crippen molar-refractivity contribution in [3.05, 3.63) is 71.3 Å². The zero-order valence-corrected chi connectivity index (χ0v) is 20.3. The van der Waals surface area contributed by atoms with Crippen molar-refractivity contribution >= 4 is 41.0 Å². The predicted molar refractivity (Wildman–Crippen MR) is 131 cm³/mol. The van der Waals surface area contributed by atoms with Gasteiger partial charge in [0.25, 0.3) is 5.91 Å². The molecular weight excluding hydrogens is 484 g/mol. The third-order valence-corrected chi connectivity index (χ3v) is 7.38. The molecule has 2 fully saturated rings. The Morgan fingerprint density at radius 3 is 2.36 bits per heavy atom. The van der Waals surface area contributed by atoms with E-state index in [1.807, 2.05) is 42.5 Å². The van der Waals surface area contributed by atoms with Gasteiger partial charge in [0.2, 0.25) is 11.8 Å². The summed E-state index contributed by atoms with van der Waals surface area (Å²) in [6.07, 6.45) is 4.89. The molecule has 9 heteroatoms. The van der Waals surface area contributed by atoms with Gasteiger partial charge in [-0.25, -0.2) is 4.79 Å². The summed E-state index contributed by atoms with van der Waals surface area (Å²) in [6, 6.07) is 12.7. The number of fused-ring (bicyclic) bond motifs is 5. The van der Waals surface area contributed by atoms with Crippen molar-refractivity contribution in [2.24, 2.45) is 23.7 Å². The number of ether oxygens (including phenoxy) is 2. The van der Waals surface area contributed by atoms with Crippen molar-refractivity contribution in [2.75, 3.05) is 19.0 Å². The van der Waals surface area contributed by atoms with E-state index in [9.17, 15) is 19.2 Å². The lowest BCUT2D eigenvalue weighted by atomic mass is 9.85. The summed E-state index contributed by atoms with van der Waals surface area (Å²) in [5.41, 5.74) is 1.10. The molecule has 2 bridgehead atoms. The number of nitrogens with zero attached hydrogens (tertiary/aromatic N) is 1. The van der Waals surface area contributed by atoms with Crippen LogP contribution in [0.3, 0.4) is 0 Å². The van der Waals surface area contributed by atoms with E-state index in [0.717, 1.165) is 16.9 Å². The molecule has 0 radical (unpaired) electrons. The summed E-state index contributed by atoms with van der Waals surface area (Å²) in [4.78, 5) is 53.6. The van der Waals surface area contributed by atoms with Crippen LogP contribution in [0.1, 0.15) is 12.0 Å². The second kappa shape index (κ2) is 9.78. The zero-order chi connectivity index (χ0) is 25.4. The van der Waals surface area contributed by atoms with Gasteiger partial charge in [-0.1, -0.05) is 54.1 Å². The van der Waals surface area contributed by atoms with Gasteiger partial charge in [-0.2, -0.15) is 0 Å². The molecule has 2 aromatic rings. The summed E-state index contributed by atoms with van der Waals surface area (Å²) < 4.78 is 10.5. The number of carbonyl (C=O) groups excluding carboxylic acids is 4. The van der Waals surface area contributed by atoms with Gasteiger partial charge in [0.05, 0.1) is 24.6 Å². The number of methoxy groups -OCH3 is 1. The van der Waals surface area contributed by atoms with Gasteiger partial charge >= 0.3 is 5.97 Å². The lowest BCUT2D eigenvalue weighted by molar-refractivity contribution is -0.160. The van der Waals surface area contributed by atoms with Gasteiger partial charge in [-0.15, -0.1) is 0 Å². The summed E-state index contributed by atoms with van der Waals surface area (Å²) in [6.45, 7) is -0.602. The highest BCUT2D eigenvalue weighted by Crippen LogP contribution is 2.53. The van der Waals surface area contributed by atoms with E-state index in [1.165, 1.54) is 13.2 Å². The Hall–Kier alpha value is -3.65. The van der Waals surface area contributed by atoms with Crippen molar-refractivity contribution in [2.45, 2.75) is 18.9 Å². The van der Waals surface area contributed by atoms with Crippen LogP contribution in [-0.4, -0.2) is 48.3 Å². The van der Waals surface area contributed by atoms with Crippen LogP contribution in [-0.2, 0) is 30.3 Å². The number of likely N-dealkylation sites (tertiary alicyclic amines) is 1. The van der Waals surface area contributed by atoms with E-state index in [2.05, 4.69) is 5.32 Å². The number of halogens is 1. The Balaban J connectivity index is 1.32. The molecule has 2 aliphatic carbocycles. The van der Waals surface area contributed by atoms with Crippen LogP contribution in [0.2, 0.25) is 5.02 Å². The number of amides is 3. The number of hydrogen-bond donors (Lipinski definition) is 1. The molecule has 8 nitrogen and oxygen atoms in total.